The van der Waals surface area contributed by atoms with Gasteiger partial charge in [-0.15, -0.1) is 0 Å². The lowest BCUT2D eigenvalue weighted by atomic mass is 9.89. The Morgan fingerprint density at radius 2 is 2.14 bits per heavy atom. The highest BCUT2D eigenvalue weighted by Crippen LogP contribution is 2.33. The summed E-state index contributed by atoms with van der Waals surface area (Å²) in [6.45, 7) is 5.33. The molecule has 0 radical (unpaired) electrons. The van der Waals surface area contributed by atoms with Crippen LogP contribution in [-0.4, -0.2) is 36.2 Å². The number of hydrogen-bond acceptors (Lipinski definition) is 4. The molecule has 0 N–H and O–H groups in total. The van der Waals surface area contributed by atoms with Gasteiger partial charge in [0.15, 0.2) is 0 Å². The van der Waals surface area contributed by atoms with Gasteiger partial charge in [-0.2, -0.15) is 0 Å². The van der Waals surface area contributed by atoms with Crippen LogP contribution in [0.15, 0.2) is 28.7 Å². The Morgan fingerprint density at radius 1 is 1.29 bits per heavy atom. The van der Waals surface area contributed by atoms with Crippen LogP contribution >= 0.6 is 11.9 Å². The van der Waals surface area contributed by atoms with Crippen molar-refractivity contribution in [3.8, 4) is 5.75 Å². The third-order valence-electron chi connectivity index (χ3n) is 4.22. The number of piperidine rings is 1. The minimum absolute atomic E-state index is 0.469. The summed E-state index contributed by atoms with van der Waals surface area (Å²) < 4.78 is 10.5. The van der Waals surface area contributed by atoms with E-state index in [2.05, 4.69) is 36.1 Å². The van der Waals surface area contributed by atoms with E-state index >= 15 is 0 Å². The lowest BCUT2D eigenvalue weighted by molar-refractivity contribution is 0.309. The number of nitrogens with zero attached hydrogens (tertiary/aromatic N) is 2. The molecule has 0 aromatic heterocycles. The van der Waals surface area contributed by atoms with Gasteiger partial charge >= 0.3 is 0 Å². The van der Waals surface area contributed by atoms with Crippen molar-refractivity contribution in [2.75, 3.05) is 25.4 Å². The van der Waals surface area contributed by atoms with Gasteiger partial charge in [-0.05, 0) is 48.9 Å². The standard InChI is InChI=1S/C17H24N2OS/c1-2-3-12-20-15-8-6-14(7-9-15)16-5-4-10-19-11-13-21-18-17(16)19/h6-9,16H,2-5,10-13H2,1H3. The summed E-state index contributed by atoms with van der Waals surface area (Å²) in [5.41, 5.74) is 1.38. The van der Waals surface area contributed by atoms with Gasteiger partial charge in [0, 0.05) is 24.8 Å². The van der Waals surface area contributed by atoms with E-state index in [9.17, 15) is 0 Å². The fourth-order valence-electron chi connectivity index (χ4n) is 3.01. The predicted molar refractivity (Wildman–Crippen MR) is 90.3 cm³/mol. The summed E-state index contributed by atoms with van der Waals surface area (Å²) >= 11 is 1.72. The highest BCUT2D eigenvalue weighted by atomic mass is 32.2. The second-order valence-corrected chi connectivity index (χ2v) is 6.58. The fraction of sp³-hybridized carbons (Fsp3) is 0.588. The molecule has 4 heteroatoms. The number of rotatable bonds is 5. The number of fused-ring (bicyclic) bond motifs is 1. The maximum Gasteiger partial charge on any atom is 0.120 e. The lowest BCUT2D eigenvalue weighted by Crippen LogP contribution is -2.42. The average molecular weight is 304 g/mol. The highest BCUT2D eigenvalue weighted by Gasteiger charge is 2.29. The molecule has 1 fully saturated rings. The van der Waals surface area contributed by atoms with Crippen LogP contribution in [0.1, 0.15) is 44.1 Å². The Labute approximate surface area is 131 Å². The van der Waals surface area contributed by atoms with E-state index < -0.39 is 0 Å². The molecule has 1 aromatic rings. The first kappa shape index (κ1) is 14.8. The van der Waals surface area contributed by atoms with Crippen LogP contribution in [0.5, 0.6) is 5.75 Å². The Hall–Kier alpha value is -1.16. The van der Waals surface area contributed by atoms with Gasteiger partial charge < -0.3 is 9.64 Å². The van der Waals surface area contributed by atoms with Crippen LogP contribution in [0, 0.1) is 0 Å². The van der Waals surface area contributed by atoms with E-state index in [4.69, 9.17) is 9.13 Å². The van der Waals surface area contributed by atoms with Gasteiger partial charge in [0.2, 0.25) is 0 Å². The molecule has 2 aliphatic rings. The van der Waals surface area contributed by atoms with Crippen molar-refractivity contribution in [2.24, 2.45) is 4.40 Å². The Bertz CT molecular complexity index is 486. The minimum Gasteiger partial charge on any atom is -0.494 e. The van der Waals surface area contributed by atoms with Gasteiger partial charge in [-0.3, -0.25) is 0 Å². The van der Waals surface area contributed by atoms with Crippen LogP contribution < -0.4 is 4.74 Å². The summed E-state index contributed by atoms with van der Waals surface area (Å²) in [6, 6.07) is 8.66. The van der Waals surface area contributed by atoms with E-state index in [1.54, 1.807) is 11.9 Å². The van der Waals surface area contributed by atoms with Crippen molar-refractivity contribution < 1.29 is 4.74 Å². The maximum atomic E-state index is 5.75. The molecule has 1 unspecified atom stereocenters. The third-order valence-corrected chi connectivity index (χ3v) is 4.90. The summed E-state index contributed by atoms with van der Waals surface area (Å²) in [5, 5.41) is 0. The summed E-state index contributed by atoms with van der Waals surface area (Å²) in [4.78, 5) is 2.47. The molecule has 3 rings (SSSR count). The van der Waals surface area contributed by atoms with Gasteiger partial charge in [0.1, 0.15) is 11.6 Å². The van der Waals surface area contributed by atoms with Crippen molar-refractivity contribution in [3.63, 3.8) is 0 Å². The first-order chi connectivity index (χ1) is 10.4. The summed E-state index contributed by atoms with van der Waals surface area (Å²) in [6.07, 6.45) is 4.77. The van der Waals surface area contributed by atoms with Crippen molar-refractivity contribution >= 4 is 17.8 Å². The molecule has 0 saturated carbocycles. The number of hydrogen-bond donors (Lipinski definition) is 0. The van der Waals surface area contributed by atoms with Crippen molar-refractivity contribution in [3.05, 3.63) is 29.8 Å². The minimum atomic E-state index is 0.469. The predicted octanol–water partition coefficient (Wildman–Crippen LogP) is 4.11. The summed E-state index contributed by atoms with van der Waals surface area (Å²) in [7, 11) is 0. The van der Waals surface area contributed by atoms with Gasteiger partial charge in [0.25, 0.3) is 0 Å². The topological polar surface area (TPSA) is 24.8 Å². The lowest BCUT2D eigenvalue weighted by Gasteiger charge is -2.37. The molecule has 114 valence electrons. The van der Waals surface area contributed by atoms with Gasteiger partial charge in [0.05, 0.1) is 6.61 Å². The highest BCUT2D eigenvalue weighted by molar-refractivity contribution is 7.98. The molecule has 2 aliphatic heterocycles. The van der Waals surface area contributed by atoms with Crippen LogP contribution in [0.3, 0.4) is 0 Å². The molecule has 0 amide bonds. The third kappa shape index (κ3) is 3.54. The first-order valence-electron chi connectivity index (χ1n) is 8.06. The maximum absolute atomic E-state index is 5.75. The first-order valence-corrected chi connectivity index (χ1v) is 9.00. The van der Waals surface area contributed by atoms with Crippen molar-refractivity contribution in [1.82, 2.24) is 4.90 Å². The normalized spacial score (nSPS) is 21.7. The summed E-state index contributed by atoms with van der Waals surface area (Å²) in [5.74, 6) is 3.87. The van der Waals surface area contributed by atoms with E-state index in [-0.39, 0.29) is 0 Å². The van der Waals surface area contributed by atoms with Crippen LogP contribution in [0.25, 0.3) is 0 Å². The van der Waals surface area contributed by atoms with Crippen LogP contribution in [0.2, 0.25) is 0 Å². The van der Waals surface area contributed by atoms with Gasteiger partial charge in [-0.25, -0.2) is 4.40 Å². The SMILES string of the molecule is CCCCOc1ccc(C2CCCN3CCSN=C23)cc1. The van der Waals surface area contributed by atoms with Crippen molar-refractivity contribution in [1.29, 1.82) is 0 Å². The zero-order valence-electron chi connectivity index (χ0n) is 12.8. The second kappa shape index (κ2) is 7.21. The second-order valence-electron chi connectivity index (χ2n) is 5.74. The van der Waals surface area contributed by atoms with Crippen LogP contribution in [0.4, 0.5) is 0 Å². The molecule has 0 spiro atoms. The Morgan fingerprint density at radius 3 is 2.95 bits per heavy atom. The van der Waals surface area contributed by atoms with Gasteiger partial charge in [-0.1, -0.05) is 25.5 Å². The molecule has 3 nitrogen and oxygen atoms in total. The van der Waals surface area contributed by atoms with E-state index in [0.29, 0.717) is 5.92 Å². The fourth-order valence-corrected chi connectivity index (χ4v) is 3.78. The molecule has 2 heterocycles. The molecule has 1 atom stereocenters. The van der Waals surface area contributed by atoms with E-state index in [1.165, 1.54) is 37.2 Å². The Balaban J connectivity index is 1.69. The number of ether oxygens (including phenoxy) is 1. The van der Waals surface area contributed by atoms with E-state index in [1.807, 2.05) is 0 Å². The number of benzene rings is 1. The quantitative estimate of drug-likeness (QED) is 0.604. The van der Waals surface area contributed by atoms with Crippen molar-refractivity contribution in [2.45, 2.75) is 38.5 Å². The number of unbranched alkanes of at least 4 members (excludes halogenated alkanes) is 1. The molecule has 1 aromatic carbocycles. The molecule has 0 bridgehead atoms. The van der Waals surface area contributed by atoms with E-state index in [0.717, 1.165) is 31.1 Å². The monoisotopic (exact) mass is 304 g/mol. The molecular weight excluding hydrogens is 280 g/mol. The largest absolute Gasteiger partial charge is 0.494 e. The average Bonchev–Trinajstić information content (AvgIpc) is 2.55. The zero-order valence-corrected chi connectivity index (χ0v) is 13.6. The molecule has 0 aliphatic carbocycles. The Kier molecular flexibility index (Phi) is 5.07. The molecule has 1 saturated heterocycles. The van der Waals surface area contributed by atoms with Crippen LogP contribution in [-0.2, 0) is 0 Å². The zero-order chi connectivity index (χ0) is 14.5. The molecular formula is C17H24N2OS. The number of amidine groups is 1. The smallest absolute Gasteiger partial charge is 0.120 e. The molecule has 21 heavy (non-hydrogen) atoms.